The Balaban J connectivity index is 0.00000144. The first-order valence-corrected chi connectivity index (χ1v) is 6.66. The van der Waals surface area contributed by atoms with Gasteiger partial charge in [-0.1, -0.05) is 0 Å². The average molecular weight is 276 g/mol. The molecule has 0 unspecified atom stereocenters. The number of carbonyl (C=O) groups excluding carboxylic acids is 1. The van der Waals surface area contributed by atoms with Gasteiger partial charge in [0, 0.05) is 30.5 Å². The van der Waals surface area contributed by atoms with E-state index in [1.807, 2.05) is 16.8 Å². The van der Waals surface area contributed by atoms with Crippen molar-refractivity contribution in [3.8, 4) is 0 Å². The van der Waals surface area contributed by atoms with E-state index in [2.05, 4.69) is 4.90 Å². The predicted octanol–water partition coefficient (Wildman–Crippen LogP) is 2.47. The van der Waals surface area contributed by atoms with Gasteiger partial charge in [0.2, 0.25) is 0 Å². The van der Waals surface area contributed by atoms with E-state index < -0.39 is 0 Å². The maximum atomic E-state index is 11.7. The fourth-order valence-corrected chi connectivity index (χ4v) is 2.52. The molecule has 0 spiro atoms. The van der Waals surface area contributed by atoms with E-state index >= 15 is 0 Å². The largest absolute Gasteiger partial charge is 0.379 e. The maximum absolute atomic E-state index is 11.7. The van der Waals surface area contributed by atoms with Crippen molar-refractivity contribution in [2.45, 2.75) is 12.8 Å². The Bertz CT molecular complexity index is 323. The number of hydrogen-bond donors (Lipinski definition) is 0. The number of ketones is 1. The van der Waals surface area contributed by atoms with E-state index in [4.69, 9.17) is 4.74 Å². The van der Waals surface area contributed by atoms with E-state index in [1.165, 1.54) is 0 Å². The van der Waals surface area contributed by atoms with Crippen molar-refractivity contribution in [2.75, 3.05) is 32.8 Å². The van der Waals surface area contributed by atoms with Gasteiger partial charge >= 0.3 is 0 Å². The molecular weight excluding hydrogens is 258 g/mol. The molecule has 1 aliphatic rings. The smallest absolute Gasteiger partial charge is 0.163 e. The molecule has 3 nitrogen and oxygen atoms in total. The Labute approximate surface area is 112 Å². The van der Waals surface area contributed by atoms with Gasteiger partial charge in [-0.15, -0.1) is 12.4 Å². The molecule has 1 aromatic heterocycles. The zero-order chi connectivity index (χ0) is 11.2. The number of halogens is 1. The highest BCUT2D eigenvalue weighted by Crippen LogP contribution is 2.10. The number of morpholine rings is 1. The number of thiophene rings is 1. The third kappa shape index (κ3) is 4.76. The van der Waals surface area contributed by atoms with E-state index in [-0.39, 0.29) is 18.2 Å². The van der Waals surface area contributed by atoms with Crippen LogP contribution in [0.15, 0.2) is 16.8 Å². The molecule has 0 atom stereocenters. The fraction of sp³-hybridized carbons (Fsp3) is 0.583. The third-order valence-corrected chi connectivity index (χ3v) is 3.51. The third-order valence-electron chi connectivity index (χ3n) is 2.83. The maximum Gasteiger partial charge on any atom is 0.163 e. The molecule has 0 aromatic carbocycles. The monoisotopic (exact) mass is 275 g/mol. The number of Topliss-reactive ketones (excluding diaryl/α,β-unsaturated/α-hetero) is 1. The molecular formula is C12H18ClNO2S. The number of nitrogens with zero attached hydrogens (tertiary/aromatic N) is 1. The predicted molar refractivity (Wildman–Crippen MR) is 72.4 cm³/mol. The minimum absolute atomic E-state index is 0. The summed E-state index contributed by atoms with van der Waals surface area (Å²) >= 11 is 1.58. The van der Waals surface area contributed by atoms with Crippen LogP contribution in [0.25, 0.3) is 0 Å². The Morgan fingerprint density at radius 2 is 2.18 bits per heavy atom. The standard InChI is InChI=1S/C12H17NO2S.ClH/c14-12(11-3-9-16-10-11)2-1-4-13-5-7-15-8-6-13;/h3,9-10H,1-2,4-8H2;1H. The minimum atomic E-state index is 0. The summed E-state index contributed by atoms with van der Waals surface area (Å²) in [4.78, 5) is 14.1. The summed E-state index contributed by atoms with van der Waals surface area (Å²) in [6, 6.07) is 1.90. The molecule has 1 aromatic rings. The summed E-state index contributed by atoms with van der Waals surface area (Å²) < 4.78 is 5.28. The highest BCUT2D eigenvalue weighted by Gasteiger charge is 2.11. The number of hydrogen-bond acceptors (Lipinski definition) is 4. The van der Waals surface area contributed by atoms with E-state index in [0.717, 1.165) is 44.8 Å². The van der Waals surface area contributed by atoms with Gasteiger partial charge in [0.25, 0.3) is 0 Å². The highest BCUT2D eigenvalue weighted by molar-refractivity contribution is 7.08. The second kappa shape index (κ2) is 7.82. The Hall–Kier alpha value is -0.420. The van der Waals surface area contributed by atoms with Crippen molar-refractivity contribution in [1.29, 1.82) is 0 Å². The van der Waals surface area contributed by atoms with Gasteiger partial charge in [-0.3, -0.25) is 9.69 Å². The van der Waals surface area contributed by atoms with E-state index in [0.29, 0.717) is 6.42 Å². The Morgan fingerprint density at radius 1 is 1.41 bits per heavy atom. The summed E-state index contributed by atoms with van der Waals surface area (Å²) in [6.45, 7) is 4.69. The van der Waals surface area contributed by atoms with Crippen molar-refractivity contribution in [3.63, 3.8) is 0 Å². The normalized spacial score (nSPS) is 16.5. The van der Waals surface area contributed by atoms with Crippen LogP contribution in [0, 0.1) is 0 Å². The van der Waals surface area contributed by atoms with Crippen LogP contribution in [0.5, 0.6) is 0 Å². The van der Waals surface area contributed by atoms with Crippen LogP contribution < -0.4 is 0 Å². The lowest BCUT2D eigenvalue weighted by Crippen LogP contribution is -2.36. The van der Waals surface area contributed by atoms with E-state index in [9.17, 15) is 4.79 Å². The molecule has 0 bridgehead atoms. The second-order valence-corrected chi connectivity index (χ2v) is 4.77. The zero-order valence-corrected chi connectivity index (χ0v) is 11.4. The van der Waals surface area contributed by atoms with Crippen LogP contribution in [0.3, 0.4) is 0 Å². The number of rotatable bonds is 5. The van der Waals surface area contributed by atoms with Crippen LogP contribution in [0.4, 0.5) is 0 Å². The molecule has 96 valence electrons. The number of carbonyl (C=O) groups is 1. The van der Waals surface area contributed by atoms with Crippen LogP contribution in [-0.4, -0.2) is 43.5 Å². The molecule has 1 aliphatic heterocycles. The van der Waals surface area contributed by atoms with Gasteiger partial charge in [-0.2, -0.15) is 11.3 Å². The number of ether oxygens (including phenoxy) is 1. The molecule has 0 radical (unpaired) electrons. The first-order valence-electron chi connectivity index (χ1n) is 5.72. The van der Waals surface area contributed by atoms with Crippen molar-refractivity contribution in [2.24, 2.45) is 0 Å². The molecule has 17 heavy (non-hydrogen) atoms. The van der Waals surface area contributed by atoms with Crippen LogP contribution >= 0.6 is 23.7 Å². The Kier molecular flexibility index (Phi) is 6.73. The highest BCUT2D eigenvalue weighted by atomic mass is 35.5. The zero-order valence-electron chi connectivity index (χ0n) is 9.76. The van der Waals surface area contributed by atoms with Crippen molar-refractivity contribution in [1.82, 2.24) is 4.90 Å². The first-order chi connectivity index (χ1) is 7.86. The molecule has 5 heteroatoms. The average Bonchev–Trinajstić information content (AvgIpc) is 2.84. The lowest BCUT2D eigenvalue weighted by atomic mass is 10.1. The first kappa shape index (κ1) is 14.6. The molecule has 1 saturated heterocycles. The molecule has 0 aliphatic carbocycles. The van der Waals surface area contributed by atoms with Gasteiger partial charge in [-0.25, -0.2) is 0 Å². The SMILES string of the molecule is Cl.O=C(CCCN1CCOCC1)c1ccsc1. The van der Waals surface area contributed by atoms with Gasteiger partial charge in [0.15, 0.2) is 5.78 Å². The van der Waals surface area contributed by atoms with Gasteiger partial charge < -0.3 is 4.74 Å². The lowest BCUT2D eigenvalue weighted by molar-refractivity contribution is 0.0371. The molecule has 1 fully saturated rings. The topological polar surface area (TPSA) is 29.5 Å². The summed E-state index contributed by atoms with van der Waals surface area (Å²) in [5.41, 5.74) is 0.868. The van der Waals surface area contributed by atoms with Gasteiger partial charge in [0.05, 0.1) is 13.2 Å². The van der Waals surface area contributed by atoms with Crippen LogP contribution in [0.2, 0.25) is 0 Å². The van der Waals surface area contributed by atoms with E-state index in [1.54, 1.807) is 11.3 Å². The minimum Gasteiger partial charge on any atom is -0.379 e. The lowest BCUT2D eigenvalue weighted by Gasteiger charge is -2.26. The second-order valence-electron chi connectivity index (χ2n) is 3.99. The summed E-state index contributed by atoms with van der Waals surface area (Å²) in [6.07, 6.45) is 1.61. The fourth-order valence-electron chi connectivity index (χ4n) is 1.86. The quantitative estimate of drug-likeness (QED) is 0.773. The van der Waals surface area contributed by atoms with Gasteiger partial charge in [-0.05, 0) is 24.4 Å². The molecule has 0 N–H and O–H groups in total. The summed E-state index contributed by atoms with van der Waals surface area (Å²) in [5, 5.41) is 3.88. The molecule has 2 heterocycles. The summed E-state index contributed by atoms with van der Waals surface area (Å²) in [5.74, 6) is 0.273. The van der Waals surface area contributed by atoms with Gasteiger partial charge in [0.1, 0.15) is 0 Å². The van der Waals surface area contributed by atoms with Crippen molar-refractivity contribution in [3.05, 3.63) is 22.4 Å². The van der Waals surface area contributed by atoms with Crippen molar-refractivity contribution < 1.29 is 9.53 Å². The van der Waals surface area contributed by atoms with Crippen molar-refractivity contribution >= 4 is 29.5 Å². The Morgan fingerprint density at radius 3 is 2.82 bits per heavy atom. The molecule has 0 saturated carbocycles. The molecule has 2 rings (SSSR count). The van der Waals surface area contributed by atoms with Crippen LogP contribution in [-0.2, 0) is 4.74 Å². The molecule has 0 amide bonds. The summed E-state index contributed by atoms with van der Waals surface area (Å²) in [7, 11) is 0. The van der Waals surface area contributed by atoms with Crippen LogP contribution in [0.1, 0.15) is 23.2 Å².